The summed E-state index contributed by atoms with van der Waals surface area (Å²) in [6.07, 6.45) is 8.18. The Balaban J connectivity index is 1.39. The molecule has 3 aliphatic rings. The highest BCUT2D eigenvalue weighted by atomic mass is 16.4. The molecule has 3 fully saturated rings. The van der Waals surface area contributed by atoms with Gasteiger partial charge in [-0.15, -0.1) is 0 Å². The summed E-state index contributed by atoms with van der Waals surface area (Å²) >= 11 is 0. The summed E-state index contributed by atoms with van der Waals surface area (Å²) in [6.45, 7) is 3.35. The molecule has 25 heavy (non-hydrogen) atoms. The van der Waals surface area contributed by atoms with Crippen molar-refractivity contribution in [1.82, 2.24) is 9.80 Å². The van der Waals surface area contributed by atoms with Gasteiger partial charge in [0.2, 0.25) is 11.8 Å². The number of rotatable bonds is 6. The van der Waals surface area contributed by atoms with Crippen LogP contribution in [0.3, 0.4) is 0 Å². The zero-order valence-electron chi connectivity index (χ0n) is 15.0. The number of likely N-dealkylation sites (tertiary alicyclic amines) is 2. The normalized spacial score (nSPS) is 25.0. The lowest BCUT2D eigenvalue weighted by molar-refractivity contribution is -0.138. The van der Waals surface area contributed by atoms with Crippen LogP contribution in [0.5, 0.6) is 0 Å². The molecule has 1 saturated carbocycles. The molecule has 0 aromatic carbocycles. The van der Waals surface area contributed by atoms with Crippen LogP contribution in [0.25, 0.3) is 0 Å². The molecule has 0 bridgehead atoms. The third kappa shape index (κ3) is 4.33. The van der Waals surface area contributed by atoms with Crippen LogP contribution in [-0.4, -0.2) is 58.9 Å². The van der Waals surface area contributed by atoms with Crippen LogP contribution < -0.4 is 0 Å². The summed E-state index contributed by atoms with van der Waals surface area (Å²) < 4.78 is 0. The van der Waals surface area contributed by atoms with Crippen molar-refractivity contribution in [3.8, 4) is 0 Å². The molecule has 2 aliphatic heterocycles. The zero-order chi connectivity index (χ0) is 17.9. The van der Waals surface area contributed by atoms with E-state index in [0.29, 0.717) is 25.2 Å². The molecule has 2 saturated heterocycles. The van der Waals surface area contributed by atoms with Gasteiger partial charge in [0.1, 0.15) is 0 Å². The Morgan fingerprint density at radius 1 is 0.880 bits per heavy atom. The standard InChI is InChI=1S/C19H30N2O4/c22-16(6-2-3-7-17(23)24)20-12-8-19(9-13-20)14-15(19)18(25)21-10-4-1-5-11-21/h15H,1-14H2,(H,23,24). The van der Waals surface area contributed by atoms with Crippen molar-refractivity contribution in [2.45, 2.75) is 64.2 Å². The fourth-order valence-corrected chi connectivity index (χ4v) is 4.50. The van der Waals surface area contributed by atoms with Gasteiger partial charge in [-0.1, -0.05) is 0 Å². The Kier molecular flexibility index (Phi) is 5.64. The van der Waals surface area contributed by atoms with Gasteiger partial charge in [-0.25, -0.2) is 0 Å². The summed E-state index contributed by atoms with van der Waals surface area (Å²) in [4.78, 5) is 39.4. The van der Waals surface area contributed by atoms with Gasteiger partial charge in [-0.3, -0.25) is 14.4 Å². The van der Waals surface area contributed by atoms with Gasteiger partial charge in [-0.2, -0.15) is 0 Å². The van der Waals surface area contributed by atoms with Crippen LogP contribution in [0.15, 0.2) is 0 Å². The number of aliphatic carboxylic acids is 1. The molecular formula is C19H30N2O4. The predicted octanol–water partition coefficient (Wildman–Crippen LogP) is 2.27. The maximum atomic E-state index is 12.7. The number of carboxylic acids is 1. The van der Waals surface area contributed by atoms with Gasteiger partial charge in [-0.05, 0) is 56.8 Å². The van der Waals surface area contributed by atoms with Crippen molar-refractivity contribution in [2.24, 2.45) is 11.3 Å². The second-order valence-electron chi connectivity index (χ2n) is 7.99. The van der Waals surface area contributed by atoms with E-state index in [4.69, 9.17) is 5.11 Å². The van der Waals surface area contributed by atoms with E-state index in [2.05, 4.69) is 4.90 Å². The highest BCUT2D eigenvalue weighted by molar-refractivity contribution is 5.83. The van der Waals surface area contributed by atoms with Crippen molar-refractivity contribution in [2.75, 3.05) is 26.2 Å². The van der Waals surface area contributed by atoms with E-state index in [9.17, 15) is 14.4 Å². The first-order valence-electron chi connectivity index (χ1n) is 9.80. The number of nitrogens with zero attached hydrogens (tertiary/aromatic N) is 2. The number of amides is 2. The maximum absolute atomic E-state index is 12.7. The molecule has 1 aliphatic carbocycles. The fourth-order valence-electron chi connectivity index (χ4n) is 4.50. The van der Waals surface area contributed by atoms with Crippen LogP contribution >= 0.6 is 0 Å². The Morgan fingerprint density at radius 3 is 2.16 bits per heavy atom. The van der Waals surface area contributed by atoms with E-state index in [1.165, 1.54) is 6.42 Å². The minimum Gasteiger partial charge on any atom is -0.481 e. The highest BCUT2D eigenvalue weighted by Gasteiger charge is 2.59. The number of hydrogen-bond donors (Lipinski definition) is 1. The lowest BCUT2D eigenvalue weighted by atomic mass is 9.90. The topological polar surface area (TPSA) is 77.9 Å². The molecule has 6 nitrogen and oxygen atoms in total. The molecule has 140 valence electrons. The first-order chi connectivity index (χ1) is 12.0. The average molecular weight is 350 g/mol. The first-order valence-corrected chi connectivity index (χ1v) is 9.80. The molecule has 6 heteroatoms. The van der Waals surface area contributed by atoms with E-state index in [1.807, 2.05) is 4.90 Å². The van der Waals surface area contributed by atoms with Crippen molar-refractivity contribution in [1.29, 1.82) is 0 Å². The van der Waals surface area contributed by atoms with E-state index < -0.39 is 5.97 Å². The summed E-state index contributed by atoms with van der Waals surface area (Å²) in [5.41, 5.74) is 0.161. The molecule has 3 rings (SSSR count). The van der Waals surface area contributed by atoms with Gasteiger partial charge in [0.15, 0.2) is 0 Å². The minimum absolute atomic E-state index is 0.136. The minimum atomic E-state index is -0.800. The van der Waals surface area contributed by atoms with Crippen molar-refractivity contribution in [3.05, 3.63) is 0 Å². The summed E-state index contributed by atoms with van der Waals surface area (Å²) in [5, 5.41) is 8.63. The van der Waals surface area contributed by atoms with Gasteiger partial charge in [0, 0.05) is 44.9 Å². The van der Waals surface area contributed by atoms with Crippen LogP contribution in [0.4, 0.5) is 0 Å². The molecular weight excluding hydrogens is 320 g/mol. The molecule has 0 radical (unpaired) electrons. The summed E-state index contributed by atoms with van der Waals surface area (Å²) in [6, 6.07) is 0. The Morgan fingerprint density at radius 2 is 1.52 bits per heavy atom. The number of unbranched alkanes of at least 4 members (excludes halogenated alkanes) is 1. The molecule has 2 heterocycles. The SMILES string of the molecule is O=C(O)CCCCC(=O)N1CCC2(CC1)CC2C(=O)N1CCCCC1. The van der Waals surface area contributed by atoms with Gasteiger partial charge in [0.05, 0.1) is 0 Å². The van der Waals surface area contributed by atoms with Crippen LogP contribution in [-0.2, 0) is 14.4 Å². The number of carbonyl (C=O) groups is 3. The Hall–Kier alpha value is -1.59. The smallest absolute Gasteiger partial charge is 0.303 e. The van der Waals surface area contributed by atoms with Crippen LogP contribution in [0.1, 0.15) is 64.2 Å². The summed E-state index contributed by atoms with van der Waals surface area (Å²) in [7, 11) is 0. The van der Waals surface area contributed by atoms with E-state index in [1.54, 1.807) is 0 Å². The third-order valence-electron chi connectivity index (χ3n) is 6.30. The lowest BCUT2D eigenvalue weighted by Crippen LogP contribution is -2.42. The van der Waals surface area contributed by atoms with Gasteiger partial charge in [0.25, 0.3) is 0 Å². The average Bonchev–Trinajstić information content (AvgIpc) is 3.32. The molecule has 0 aromatic heterocycles. The van der Waals surface area contributed by atoms with E-state index >= 15 is 0 Å². The summed E-state index contributed by atoms with van der Waals surface area (Å²) in [5.74, 6) is -0.114. The number of carboxylic acid groups (broad SMARTS) is 1. The van der Waals surface area contributed by atoms with Crippen molar-refractivity contribution in [3.63, 3.8) is 0 Å². The molecule has 1 spiro atoms. The van der Waals surface area contributed by atoms with Crippen LogP contribution in [0.2, 0.25) is 0 Å². The fraction of sp³-hybridized carbons (Fsp3) is 0.842. The molecule has 1 atom stereocenters. The van der Waals surface area contributed by atoms with Crippen molar-refractivity contribution >= 4 is 17.8 Å². The van der Waals surface area contributed by atoms with E-state index in [-0.39, 0.29) is 23.7 Å². The molecule has 1 N–H and O–H groups in total. The van der Waals surface area contributed by atoms with E-state index in [0.717, 1.165) is 58.3 Å². The zero-order valence-corrected chi connectivity index (χ0v) is 15.0. The van der Waals surface area contributed by atoms with Crippen LogP contribution in [0, 0.1) is 11.3 Å². The molecule has 1 unspecified atom stereocenters. The maximum Gasteiger partial charge on any atom is 0.303 e. The van der Waals surface area contributed by atoms with Crippen molar-refractivity contribution < 1.29 is 19.5 Å². The Bertz CT molecular complexity index is 520. The third-order valence-corrected chi connectivity index (χ3v) is 6.30. The number of hydrogen-bond acceptors (Lipinski definition) is 3. The largest absolute Gasteiger partial charge is 0.481 e. The number of carbonyl (C=O) groups excluding carboxylic acids is 2. The molecule has 2 amide bonds. The van der Waals surface area contributed by atoms with Gasteiger partial charge < -0.3 is 14.9 Å². The second-order valence-corrected chi connectivity index (χ2v) is 7.99. The predicted molar refractivity (Wildman–Crippen MR) is 92.9 cm³/mol. The first kappa shape index (κ1) is 18.2. The second kappa shape index (κ2) is 7.75. The Labute approximate surface area is 149 Å². The molecule has 0 aromatic rings. The quantitative estimate of drug-likeness (QED) is 0.746. The number of piperidine rings is 2. The highest BCUT2D eigenvalue weighted by Crippen LogP contribution is 2.60. The van der Waals surface area contributed by atoms with Gasteiger partial charge >= 0.3 is 5.97 Å². The lowest BCUT2D eigenvalue weighted by Gasteiger charge is -2.34. The monoisotopic (exact) mass is 350 g/mol.